The van der Waals surface area contributed by atoms with Crippen LogP contribution in [0.3, 0.4) is 0 Å². The van der Waals surface area contributed by atoms with Crippen LogP contribution in [-0.4, -0.2) is 11.9 Å². The van der Waals surface area contributed by atoms with Crippen molar-refractivity contribution in [1.29, 1.82) is 0 Å². The Morgan fingerprint density at radius 3 is 1.87 bits per heavy atom. The molecular weight excluding hydrogens is 388 g/mol. The van der Waals surface area contributed by atoms with E-state index in [1.165, 1.54) is 44.9 Å². The Morgan fingerprint density at radius 1 is 0.774 bits per heavy atom. The Kier molecular flexibility index (Phi) is 9.42. The van der Waals surface area contributed by atoms with Crippen molar-refractivity contribution >= 4 is 11.9 Å². The molecule has 0 unspecified atom stereocenters. The van der Waals surface area contributed by atoms with Crippen molar-refractivity contribution in [2.24, 2.45) is 23.7 Å². The number of carbonyl (C=O) groups excluding carboxylic acids is 2. The first-order valence-electron chi connectivity index (χ1n) is 12.6. The number of benzene rings is 1. The highest BCUT2D eigenvalue weighted by Crippen LogP contribution is 2.42. The highest BCUT2D eigenvalue weighted by Gasteiger charge is 2.33. The molecular formula is C27H40O4. The maximum Gasteiger partial charge on any atom is 0.314 e. The molecule has 0 radical (unpaired) electrons. The van der Waals surface area contributed by atoms with Crippen LogP contribution in [0, 0.1) is 23.7 Å². The van der Waals surface area contributed by atoms with E-state index in [0.717, 1.165) is 49.9 Å². The molecule has 2 fully saturated rings. The van der Waals surface area contributed by atoms with Gasteiger partial charge in [0.05, 0.1) is 5.92 Å². The molecule has 2 aliphatic carbocycles. The van der Waals surface area contributed by atoms with Crippen LogP contribution >= 0.6 is 0 Å². The Morgan fingerprint density at radius 2 is 1.32 bits per heavy atom. The quantitative estimate of drug-likeness (QED) is 0.311. The van der Waals surface area contributed by atoms with E-state index in [-0.39, 0.29) is 17.9 Å². The Bertz CT molecular complexity index is 680. The zero-order valence-corrected chi connectivity index (χ0v) is 19.4. The molecule has 4 heteroatoms. The lowest BCUT2D eigenvalue weighted by Crippen LogP contribution is -2.30. The number of rotatable bonds is 9. The average Bonchev–Trinajstić information content (AvgIpc) is 2.79. The molecule has 0 aliphatic heterocycles. The number of ether oxygens (including phenoxy) is 2. The summed E-state index contributed by atoms with van der Waals surface area (Å²) >= 11 is 0. The van der Waals surface area contributed by atoms with Gasteiger partial charge in [0.1, 0.15) is 11.5 Å². The van der Waals surface area contributed by atoms with Crippen LogP contribution in [0.1, 0.15) is 97.3 Å². The van der Waals surface area contributed by atoms with Gasteiger partial charge in [0.15, 0.2) is 0 Å². The predicted molar refractivity (Wildman–Crippen MR) is 123 cm³/mol. The van der Waals surface area contributed by atoms with E-state index in [9.17, 15) is 9.59 Å². The van der Waals surface area contributed by atoms with Crippen molar-refractivity contribution in [3.63, 3.8) is 0 Å². The second kappa shape index (κ2) is 12.3. The number of hydrogen-bond acceptors (Lipinski definition) is 4. The molecule has 31 heavy (non-hydrogen) atoms. The summed E-state index contributed by atoms with van der Waals surface area (Å²) in [5, 5.41) is 0. The zero-order valence-electron chi connectivity index (χ0n) is 19.4. The number of carbonyl (C=O) groups is 2. The predicted octanol–water partition coefficient (Wildman–Crippen LogP) is 7.10. The average molecular weight is 429 g/mol. The van der Waals surface area contributed by atoms with Crippen LogP contribution < -0.4 is 9.47 Å². The van der Waals surface area contributed by atoms with E-state index >= 15 is 0 Å². The zero-order chi connectivity index (χ0) is 22.1. The minimum atomic E-state index is -0.238. The summed E-state index contributed by atoms with van der Waals surface area (Å²) in [7, 11) is 0. The summed E-state index contributed by atoms with van der Waals surface area (Å²) in [4.78, 5) is 24.2. The molecule has 4 nitrogen and oxygen atoms in total. The molecule has 2 aliphatic rings. The van der Waals surface area contributed by atoms with E-state index < -0.39 is 0 Å². The van der Waals surface area contributed by atoms with Crippen LogP contribution in [0.4, 0.5) is 0 Å². The number of hydrogen-bond donors (Lipinski definition) is 0. The third-order valence-corrected chi connectivity index (χ3v) is 7.36. The lowest BCUT2D eigenvalue weighted by molar-refractivity contribution is -0.140. The third kappa shape index (κ3) is 7.36. The second-order valence-corrected chi connectivity index (χ2v) is 9.65. The fourth-order valence-electron chi connectivity index (χ4n) is 5.43. The molecule has 0 amide bonds. The molecule has 1 aromatic carbocycles. The largest absolute Gasteiger partial charge is 0.427 e. The van der Waals surface area contributed by atoms with E-state index in [0.29, 0.717) is 17.9 Å². The maximum atomic E-state index is 12.6. The fourth-order valence-corrected chi connectivity index (χ4v) is 5.43. The summed E-state index contributed by atoms with van der Waals surface area (Å²) in [5.74, 6) is 3.31. The van der Waals surface area contributed by atoms with Gasteiger partial charge in [0.25, 0.3) is 0 Å². The second-order valence-electron chi connectivity index (χ2n) is 9.65. The molecule has 0 spiro atoms. The molecule has 0 saturated heterocycles. The smallest absolute Gasteiger partial charge is 0.314 e. The molecule has 172 valence electrons. The van der Waals surface area contributed by atoms with Crippen LogP contribution in [0.5, 0.6) is 11.5 Å². The van der Waals surface area contributed by atoms with Crippen LogP contribution in [-0.2, 0) is 9.59 Å². The minimum Gasteiger partial charge on any atom is -0.427 e. The van der Waals surface area contributed by atoms with Gasteiger partial charge < -0.3 is 9.47 Å². The Hall–Kier alpha value is -1.84. The number of esters is 2. The monoisotopic (exact) mass is 428 g/mol. The summed E-state index contributed by atoms with van der Waals surface area (Å²) in [6, 6.07) is 6.78. The minimum absolute atomic E-state index is 0.0131. The summed E-state index contributed by atoms with van der Waals surface area (Å²) in [6.45, 7) is 4.23. The lowest BCUT2D eigenvalue weighted by Gasteiger charge is -2.37. The van der Waals surface area contributed by atoms with Crippen molar-refractivity contribution in [3.8, 4) is 11.5 Å². The summed E-state index contributed by atoms with van der Waals surface area (Å²) in [5.41, 5.74) is 0. The molecule has 2 saturated carbocycles. The Labute approximate surface area is 188 Å². The number of unbranched alkanes of at least 4 members (excludes halogenated alkanes) is 1. The van der Waals surface area contributed by atoms with Crippen molar-refractivity contribution in [3.05, 3.63) is 24.3 Å². The maximum absolute atomic E-state index is 12.6. The first-order valence-corrected chi connectivity index (χ1v) is 12.6. The highest BCUT2D eigenvalue weighted by molar-refractivity contribution is 5.75. The normalized spacial score (nSPS) is 26.3. The third-order valence-electron chi connectivity index (χ3n) is 7.36. The molecule has 0 N–H and O–H groups in total. The Balaban J connectivity index is 1.39. The van der Waals surface area contributed by atoms with Gasteiger partial charge in [-0.25, -0.2) is 0 Å². The van der Waals surface area contributed by atoms with Crippen LogP contribution in [0.2, 0.25) is 0 Å². The van der Waals surface area contributed by atoms with Crippen molar-refractivity contribution < 1.29 is 19.1 Å². The van der Waals surface area contributed by atoms with Gasteiger partial charge in [-0.05, 0) is 87.0 Å². The van der Waals surface area contributed by atoms with Crippen LogP contribution in [0.15, 0.2) is 24.3 Å². The van der Waals surface area contributed by atoms with Gasteiger partial charge in [0.2, 0.25) is 0 Å². The van der Waals surface area contributed by atoms with Crippen molar-refractivity contribution in [1.82, 2.24) is 0 Å². The van der Waals surface area contributed by atoms with E-state index in [4.69, 9.17) is 9.47 Å². The SMILES string of the molecule is CCCCC1CCC(C2CCC(C(=O)Oc3ccc(OC(=O)CCC)cc3)CC2)CC1. The molecule has 0 aromatic heterocycles. The van der Waals surface area contributed by atoms with E-state index in [1.807, 2.05) is 6.92 Å². The van der Waals surface area contributed by atoms with Crippen molar-refractivity contribution in [2.75, 3.05) is 0 Å². The van der Waals surface area contributed by atoms with Gasteiger partial charge in [-0.1, -0.05) is 46.0 Å². The molecule has 1 aromatic rings. The van der Waals surface area contributed by atoms with Gasteiger partial charge in [-0.2, -0.15) is 0 Å². The molecule has 0 atom stereocenters. The topological polar surface area (TPSA) is 52.6 Å². The first kappa shape index (κ1) is 23.8. The van der Waals surface area contributed by atoms with Gasteiger partial charge in [-0.3, -0.25) is 9.59 Å². The summed E-state index contributed by atoms with van der Waals surface area (Å²) in [6.07, 6.45) is 15.1. The standard InChI is InChI=1S/C27H40O4/c1-3-5-7-20-8-10-21(11-9-20)22-12-14-23(15-13-22)27(29)31-25-18-16-24(17-19-25)30-26(28)6-4-2/h16-23H,3-15H2,1-2H3. The summed E-state index contributed by atoms with van der Waals surface area (Å²) < 4.78 is 10.9. The van der Waals surface area contributed by atoms with E-state index in [2.05, 4.69) is 6.92 Å². The van der Waals surface area contributed by atoms with Gasteiger partial charge in [-0.15, -0.1) is 0 Å². The van der Waals surface area contributed by atoms with E-state index in [1.54, 1.807) is 24.3 Å². The molecule has 3 rings (SSSR count). The van der Waals surface area contributed by atoms with Crippen molar-refractivity contribution in [2.45, 2.75) is 97.3 Å². The highest BCUT2D eigenvalue weighted by atomic mass is 16.5. The molecule has 0 bridgehead atoms. The van der Waals surface area contributed by atoms with Crippen LogP contribution in [0.25, 0.3) is 0 Å². The molecule has 0 heterocycles. The lowest BCUT2D eigenvalue weighted by atomic mass is 9.68. The van der Waals surface area contributed by atoms with Gasteiger partial charge in [0, 0.05) is 6.42 Å². The first-order chi connectivity index (χ1) is 15.1. The van der Waals surface area contributed by atoms with Gasteiger partial charge >= 0.3 is 11.9 Å². The fraction of sp³-hybridized carbons (Fsp3) is 0.704.